The molecule has 0 spiro atoms. The molecule has 2 aromatic rings. The third-order valence-electron chi connectivity index (χ3n) is 4.08. The number of hydrogen-bond donors (Lipinski definition) is 0. The van der Waals surface area contributed by atoms with Crippen molar-refractivity contribution in [3.05, 3.63) is 67.2 Å². The molecule has 0 radical (unpaired) electrons. The summed E-state index contributed by atoms with van der Waals surface area (Å²) in [4.78, 5) is 25.0. The molecule has 0 unspecified atom stereocenters. The average molecular weight is 365 g/mol. The molecule has 124 valence electrons. The van der Waals surface area contributed by atoms with Crippen LogP contribution in [0, 0.1) is 17.0 Å². The molecule has 0 saturated carbocycles. The van der Waals surface area contributed by atoms with E-state index in [1.165, 1.54) is 18.2 Å². The second-order valence-corrected chi connectivity index (χ2v) is 6.56. The highest BCUT2D eigenvalue weighted by molar-refractivity contribution is 6.33. The largest absolute Gasteiger partial charge is 0.308 e. The summed E-state index contributed by atoms with van der Waals surface area (Å²) < 4.78 is 0. The standard InChI is InChI=1S/C17H14Cl2N2O3/c1-10-7-13(18)8-11-3-2-6-20(16(10)11)17(22)12-4-5-14(19)15(9-12)21(23)24/h4-5,7-9H,2-3,6H2,1H3. The molecule has 0 bridgehead atoms. The van der Waals surface area contributed by atoms with Crippen LogP contribution in [0.15, 0.2) is 30.3 Å². The SMILES string of the molecule is Cc1cc(Cl)cc2c1N(C(=O)c1ccc(Cl)c([N+](=O)[O-])c1)CCC2. The highest BCUT2D eigenvalue weighted by Gasteiger charge is 2.27. The van der Waals surface area contributed by atoms with Gasteiger partial charge in [0, 0.05) is 23.2 Å². The van der Waals surface area contributed by atoms with Gasteiger partial charge in [-0.3, -0.25) is 14.9 Å². The van der Waals surface area contributed by atoms with E-state index in [-0.39, 0.29) is 22.2 Å². The molecule has 1 heterocycles. The van der Waals surface area contributed by atoms with E-state index in [1.54, 1.807) is 4.90 Å². The monoisotopic (exact) mass is 364 g/mol. The number of hydrogen-bond acceptors (Lipinski definition) is 3. The van der Waals surface area contributed by atoms with Crippen LogP contribution in [0.2, 0.25) is 10.0 Å². The first-order valence-corrected chi connectivity index (χ1v) is 8.19. The summed E-state index contributed by atoms with van der Waals surface area (Å²) >= 11 is 11.9. The summed E-state index contributed by atoms with van der Waals surface area (Å²) in [6, 6.07) is 7.80. The van der Waals surface area contributed by atoms with E-state index in [0.29, 0.717) is 11.6 Å². The minimum Gasteiger partial charge on any atom is -0.308 e. The van der Waals surface area contributed by atoms with Gasteiger partial charge in [0.05, 0.1) is 10.6 Å². The van der Waals surface area contributed by atoms with E-state index in [1.807, 2.05) is 19.1 Å². The molecule has 24 heavy (non-hydrogen) atoms. The molecule has 1 aliphatic heterocycles. The Bertz CT molecular complexity index is 852. The Morgan fingerprint density at radius 3 is 2.71 bits per heavy atom. The zero-order valence-electron chi connectivity index (χ0n) is 12.9. The van der Waals surface area contributed by atoms with Crippen molar-refractivity contribution < 1.29 is 9.72 Å². The van der Waals surface area contributed by atoms with Crippen LogP contribution in [0.5, 0.6) is 0 Å². The molecule has 3 rings (SSSR count). The number of nitro groups is 1. The minimum absolute atomic E-state index is 0.0126. The second-order valence-electron chi connectivity index (χ2n) is 5.71. The topological polar surface area (TPSA) is 63.5 Å². The number of rotatable bonds is 2. The van der Waals surface area contributed by atoms with Crippen molar-refractivity contribution >= 4 is 40.5 Å². The van der Waals surface area contributed by atoms with Crippen LogP contribution in [0.4, 0.5) is 11.4 Å². The zero-order chi connectivity index (χ0) is 17.4. The molecule has 1 amide bonds. The Labute approximate surface area is 148 Å². The fourth-order valence-electron chi connectivity index (χ4n) is 3.07. The van der Waals surface area contributed by atoms with Gasteiger partial charge in [-0.2, -0.15) is 0 Å². The van der Waals surface area contributed by atoms with Crippen LogP contribution in [-0.2, 0) is 6.42 Å². The number of fused-ring (bicyclic) bond motifs is 1. The van der Waals surface area contributed by atoms with Gasteiger partial charge in [0.1, 0.15) is 5.02 Å². The molecule has 0 saturated heterocycles. The summed E-state index contributed by atoms with van der Waals surface area (Å²) in [5.74, 6) is -0.277. The Morgan fingerprint density at radius 2 is 2.00 bits per heavy atom. The summed E-state index contributed by atoms with van der Waals surface area (Å²) in [6.07, 6.45) is 1.66. The first kappa shape index (κ1) is 16.7. The second kappa shape index (κ2) is 6.42. The van der Waals surface area contributed by atoms with E-state index < -0.39 is 4.92 Å². The van der Waals surface area contributed by atoms with Crippen LogP contribution < -0.4 is 4.90 Å². The maximum Gasteiger partial charge on any atom is 0.288 e. The van der Waals surface area contributed by atoms with Gasteiger partial charge < -0.3 is 4.90 Å². The Hall–Kier alpha value is -2.11. The molecule has 0 aliphatic carbocycles. The number of nitrogens with zero attached hydrogens (tertiary/aromatic N) is 2. The highest BCUT2D eigenvalue weighted by Crippen LogP contribution is 2.35. The Balaban J connectivity index is 2.04. The molecular weight excluding hydrogens is 351 g/mol. The number of amides is 1. The summed E-state index contributed by atoms with van der Waals surface area (Å²) in [6.45, 7) is 2.46. The number of halogens is 2. The molecule has 0 atom stereocenters. The number of nitro benzene ring substituents is 1. The average Bonchev–Trinajstić information content (AvgIpc) is 2.53. The number of aryl methyl sites for hydroxylation is 2. The van der Waals surface area contributed by atoms with Gasteiger partial charge >= 0.3 is 0 Å². The van der Waals surface area contributed by atoms with Crippen LogP contribution in [-0.4, -0.2) is 17.4 Å². The Kier molecular flexibility index (Phi) is 4.47. The lowest BCUT2D eigenvalue weighted by atomic mass is 9.97. The molecule has 5 nitrogen and oxygen atoms in total. The fraction of sp³-hybridized carbons (Fsp3) is 0.235. The molecule has 0 fully saturated rings. The van der Waals surface area contributed by atoms with Gasteiger partial charge in [0.2, 0.25) is 0 Å². The van der Waals surface area contributed by atoms with E-state index in [0.717, 1.165) is 29.7 Å². The first-order valence-electron chi connectivity index (χ1n) is 7.43. The van der Waals surface area contributed by atoms with E-state index in [4.69, 9.17) is 23.2 Å². The van der Waals surface area contributed by atoms with Crippen molar-refractivity contribution in [3.8, 4) is 0 Å². The predicted octanol–water partition coefficient (Wildman–Crippen LogP) is 4.80. The fourth-order valence-corrected chi connectivity index (χ4v) is 3.55. The van der Waals surface area contributed by atoms with Crippen LogP contribution >= 0.6 is 23.2 Å². The van der Waals surface area contributed by atoms with E-state index >= 15 is 0 Å². The highest BCUT2D eigenvalue weighted by atomic mass is 35.5. The normalized spacial score (nSPS) is 13.5. The van der Waals surface area contributed by atoms with Crippen LogP contribution in [0.1, 0.15) is 27.9 Å². The number of carbonyl (C=O) groups excluding carboxylic acids is 1. The zero-order valence-corrected chi connectivity index (χ0v) is 14.4. The minimum atomic E-state index is -0.589. The number of carbonyl (C=O) groups is 1. The van der Waals surface area contributed by atoms with Gasteiger partial charge in [0.15, 0.2) is 0 Å². The molecule has 2 aromatic carbocycles. The smallest absolute Gasteiger partial charge is 0.288 e. The van der Waals surface area contributed by atoms with Crippen molar-refractivity contribution in [2.45, 2.75) is 19.8 Å². The van der Waals surface area contributed by atoms with Gasteiger partial charge in [-0.05, 0) is 55.2 Å². The van der Waals surface area contributed by atoms with Crippen molar-refractivity contribution in [3.63, 3.8) is 0 Å². The van der Waals surface area contributed by atoms with E-state index in [2.05, 4.69) is 0 Å². The third kappa shape index (κ3) is 2.97. The molecule has 0 N–H and O–H groups in total. The lowest BCUT2D eigenvalue weighted by molar-refractivity contribution is -0.384. The molecule has 7 heteroatoms. The summed E-state index contributed by atoms with van der Waals surface area (Å²) in [7, 11) is 0. The maximum absolute atomic E-state index is 12.9. The lowest BCUT2D eigenvalue weighted by Gasteiger charge is -2.31. The van der Waals surface area contributed by atoms with Gasteiger partial charge in [-0.1, -0.05) is 23.2 Å². The van der Waals surface area contributed by atoms with Crippen molar-refractivity contribution in [1.29, 1.82) is 0 Å². The van der Waals surface area contributed by atoms with Crippen molar-refractivity contribution in [2.75, 3.05) is 11.4 Å². The van der Waals surface area contributed by atoms with Crippen molar-refractivity contribution in [2.24, 2.45) is 0 Å². The first-order chi connectivity index (χ1) is 11.4. The van der Waals surface area contributed by atoms with E-state index in [9.17, 15) is 14.9 Å². The van der Waals surface area contributed by atoms with Crippen molar-refractivity contribution in [1.82, 2.24) is 0 Å². The van der Waals surface area contributed by atoms with Gasteiger partial charge in [-0.15, -0.1) is 0 Å². The van der Waals surface area contributed by atoms with Crippen LogP contribution in [0.3, 0.4) is 0 Å². The van der Waals surface area contributed by atoms with Gasteiger partial charge in [0.25, 0.3) is 11.6 Å². The molecular formula is C17H14Cl2N2O3. The number of benzene rings is 2. The predicted molar refractivity (Wildman–Crippen MR) is 94.3 cm³/mol. The third-order valence-corrected chi connectivity index (χ3v) is 4.61. The van der Waals surface area contributed by atoms with Gasteiger partial charge in [-0.25, -0.2) is 0 Å². The summed E-state index contributed by atoms with van der Waals surface area (Å²) in [5.41, 5.74) is 2.74. The molecule has 1 aliphatic rings. The lowest BCUT2D eigenvalue weighted by Crippen LogP contribution is -2.36. The van der Waals surface area contributed by atoms with Crippen LogP contribution in [0.25, 0.3) is 0 Å². The quantitative estimate of drug-likeness (QED) is 0.567. The summed E-state index contributed by atoms with van der Waals surface area (Å²) in [5, 5.41) is 11.7. The Morgan fingerprint density at radius 1 is 1.25 bits per heavy atom. The maximum atomic E-state index is 12.9. The number of anilines is 1. The molecule has 0 aromatic heterocycles.